The molecular formula is C13H13ClFNO. The summed E-state index contributed by atoms with van der Waals surface area (Å²) in [5, 5.41) is 3.06. The Labute approximate surface area is 104 Å². The minimum absolute atomic E-state index is 0.140. The Kier molecular flexibility index (Phi) is 3.20. The summed E-state index contributed by atoms with van der Waals surface area (Å²) >= 11 is 5.70. The first-order chi connectivity index (χ1) is 8.10. The average Bonchev–Trinajstić information content (AvgIpc) is 3.07. The molecule has 0 saturated heterocycles. The van der Waals surface area contributed by atoms with Crippen LogP contribution >= 0.6 is 11.6 Å². The molecule has 1 aliphatic carbocycles. The monoisotopic (exact) mass is 253 g/mol. The second-order valence-corrected chi connectivity index (χ2v) is 4.64. The van der Waals surface area contributed by atoms with E-state index in [-0.39, 0.29) is 5.91 Å². The Morgan fingerprint density at radius 1 is 1.59 bits per heavy atom. The van der Waals surface area contributed by atoms with Gasteiger partial charge in [0.2, 0.25) is 5.91 Å². The van der Waals surface area contributed by atoms with Crippen molar-refractivity contribution in [1.29, 1.82) is 0 Å². The topological polar surface area (TPSA) is 29.1 Å². The van der Waals surface area contributed by atoms with Crippen LogP contribution in [0.4, 0.5) is 4.39 Å². The summed E-state index contributed by atoms with van der Waals surface area (Å²) in [5.74, 6) is -0.553. The third-order valence-corrected chi connectivity index (χ3v) is 3.27. The number of amides is 1. The van der Waals surface area contributed by atoms with Crippen LogP contribution in [0, 0.1) is 5.82 Å². The Morgan fingerprint density at radius 3 is 2.82 bits per heavy atom. The van der Waals surface area contributed by atoms with Crippen molar-refractivity contribution < 1.29 is 9.18 Å². The smallest absolute Gasteiger partial charge is 0.231 e. The lowest BCUT2D eigenvalue weighted by molar-refractivity contribution is -0.123. The highest BCUT2D eigenvalue weighted by Gasteiger charge is 2.52. The molecular weight excluding hydrogens is 241 g/mol. The second-order valence-electron chi connectivity index (χ2n) is 4.20. The number of rotatable bonds is 4. The highest BCUT2D eigenvalue weighted by molar-refractivity contribution is 6.30. The van der Waals surface area contributed by atoms with E-state index in [4.69, 9.17) is 11.6 Å². The first kappa shape index (κ1) is 12.1. The van der Waals surface area contributed by atoms with E-state index in [0.29, 0.717) is 30.0 Å². The van der Waals surface area contributed by atoms with Gasteiger partial charge in [-0.25, -0.2) is 4.39 Å². The van der Waals surface area contributed by atoms with Gasteiger partial charge in [0.25, 0.3) is 0 Å². The maximum absolute atomic E-state index is 13.8. The molecule has 90 valence electrons. The first-order valence-electron chi connectivity index (χ1n) is 5.45. The van der Waals surface area contributed by atoms with E-state index >= 15 is 0 Å². The molecule has 1 N–H and O–H groups in total. The first-order valence-corrected chi connectivity index (χ1v) is 5.83. The summed E-state index contributed by atoms with van der Waals surface area (Å²) in [6, 6.07) is 4.46. The van der Waals surface area contributed by atoms with E-state index in [1.54, 1.807) is 18.2 Å². The third-order valence-electron chi connectivity index (χ3n) is 3.04. The van der Waals surface area contributed by atoms with Crippen LogP contribution in [0.1, 0.15) is 18.4 Å². The van der Waals surface area contributed by atoms with Gasteiger partial charge in [0.15, 0.2) is 0 Å². The molecule has 0 spiro atoms. The molecule has 17 heavy (non-hydrogen) atoms. The number of carbonyl (C=O) groups is 1. The van der Waals surface area contributed by atoms with Gasteiger partial charge in [0.05, 0.1) is 5.41 Å². The maximum Gasteiger partial charge on any atom is 0.231 e. The molecule has 2 rings (SSSR count). The van der Waals surface area contributed by atoms with Gasteiger partial charge in [-0.1, -0.05) is 23.7 Å². The third kappa shape index (κ3) is 2.20. The lowest BCUT2D eigenvalue weighted by Crippen LogP contribution is -2.35. The summed E-state index contributed by atoms with van der Waals surface area (Å²) in [4.78, 5) is 12.0. The fraction of sp³-hybridized carbons (Fsp3) is 0.308. The number of carbonyl (C=O) groups excluding carboxylic acids is 1. The fourth-order valence-corrected chi connectivity index (χ4v) is 2.11. The van der Waals surface area contributed by atoms with Crippen molar-refractivity contribution in [3.8, 4) is 0 Å². The summed E-state index contributed by atoms with van der Waals surface area (Å²) in [6.45, 7) is 3.93. The average molecular weight is 254 g/mol. The van der Waals surface area contributed by atoms with E-state index in [0.717, 1.165) is 0 Å². The number of hydrogen-bond acceptors (Lipinski definition) is 1. The van der Waals surface area contributed by atoms with Gasteiger partial charge in [-0.3, -0.25) is 4.79 Å². The molecule has 4 heteroatoms. The molecule has 1 aromatic carbocycles. The van der Waals surface area contributed by atoms with Gasteiger partial charge < -0.3 is 5.32 Å². The molecule has 1 aliphatic rings. The molecule has 1 saturated carbocycles. The van der Waals surface area contributed by atoms with Crippen LogP contribution in [0.5, 0.6) is 0 Å². The zero-order chi connectivity index (χ0) is 12.5. The van der Waals surface area contributed by atoms with Gasteiger partial charge in [-0.2, -0.15) is 0 Å². The predicted molar refractivity (Wildman–Crippen MR) is 65.5 cm³/mol. The van der Waals surface area contributed by atoms with Crippen LogP contribution in [-0.2, 0) is 10.2 Å². The molecule has 0 unspecified atom stereocenters. The number of halogens is 2. The minimum Gasteiger partial charge on any atom is -0.352 e. The lowest BCUT2D eigenvalue weighted by Gasteiger charge is -2.15. The van der Waals surface area contributed by atoms with Crippen molar-refractivity contribution in [2.24, 2.45) is 0 Å². The molecule has 0 aromatic heterocycles. The van der Waals surface area contributed by atoms with Crippen LogP contribution in [0.25, 0.3) is 0 Å². The molecule has 0 atom stereocenters. The zero-order valence-electron chi connectivity index (χ0n) is 9.30. The van der Waals surface area contributed by atoms with Crippen LogP contribution in [-0.4, -0.2) is 12.5 Å². The molecule has 0 heterocycles. The number of hydrogen-bond donors (Lipinski definition) is 1. The molecule has 0 bridgehead atoms. The molecule has 0 radical (unpaired) electrons. The van der Waals surface area contributed by atoms with Crippen molar-refractivity contribution in [2.75, 3.05) is 6.54 Å². The standard InChI is InChI=1S/C13H13ClFNO/c1-2-7-16-12(17)13(5-6-13)10-4-3-9(14)8-11(10)15/h2-4,8H,1,5-7H2,(H,16,17). The van der Waals surface area contributed by atoms with Gasteiger partial charge in [0, 0.05) is 17.1 Å². The summed E-state index contributed by atoms with van der Waals surface area (Å²) in [6.07, 6.45) is 2.95. The summed E-state index contributed by atoms with van der Waals surface area (Å²) < 4.78 is 13.8. The predicted octanol–water partition coefficient (Wildman–Crippen LogP) is 2.81. The quantitative estimate of drug-likeness (QED) is 0.822. The van der Waals surface area contributed by atoms with Crippen molar-refractivity contribution in [3.05, 3.63) is 47.3 Å². The minimum atomic E-state index is -0.697. The van der Waals surface area contributed by atoms with E-state index < -0.39 is 11.2 Å². The SMILES string of the molecule is C=CCNC(=O)C1(c2ccc(Cl)cc2F)CC1. The lowest BCUT2D eigenvalue weighted by atomic mass is 9.94. The van der Waals surface area contributed by atoms with Crippen LogP contribution < -0.4 is 5.32 Å². The summed E-state index contributed by atoms with van der Waals surface area (Å²) in [5.41, 5.74) is -0.263. The molecule has 0 aliphatic heterocycles. The van der Waals surface area contributed by atoms with Gasteiger partial charge in [0.1, 0.15) is 5.82 Å². The van der Waals surface area contributed by atoms with Gasteiger partial charge in [-0.05, 0) is 25.0 Å². The van der Waals surface area contributed by atoms with Crippen molar-refractivity contribution in [3.63, 3.8) is 0 Å². The van der Waals surface area contributed by atoms with Crippen LogP contribution in [0.3, 0.4) is 0 Å². The Balaban J connectivity index is 2.26. The normalized spacial score (nSPS) is 16.4. The second kappa shape index (κ2) is 4.49. The fourth-order valence-electron chi connectivity index (χ4n) is 1.96. The molecule has 1 amide bonds. The van der Waals surface area contributed by atoms with Crippen molar-refractivity contribution in [1.82, 2.24) is 5.32 Å². The largest absolute Gasteiger partial charge is 0.352 e. The number of nitrogens with one attached hydrogen (secondary N) is 1. The van der Waals surface area contributed by atoms with Gasteiger partial charge in [-0.15, -0.1) is 6.58 Å². The summed E-state index contributed by atoms with van der Waals surface area (Å²) in [7, 11) is 0. The molecule has 2 nitrogen and oxygen atoms in total. The van der Waals surface area contributed by atoms with Crippen LogP contribution in [0.15, 0.2) is 30.9 Å². The zero-order valence-corrected chi connectivity index (χ0v) is 10.1. The Hall–Kier alpha value is -1.35. The van der Waals surface area contributed by atoms with Crippen molar-refractivity contribution in [2.45, 2.75) is 18.3 Å². The van der Waals surface area contributed by atoms with Crippen molar-refractivity contribution >= 4 is 17.5 Å². The highest BCUT2D eigenvalue weighted by Crippen LogP contribution is 2.49. The van der Waals surface area contributed by atoms with Gasteiger partial charge >= 0.3 is 0 Å². The highest BCUT2D eigenvalue weighted by atomic mass is 35.5. The van der Waals surface area contributed by atoms with E-state index in [9.17, 15) is 9.18 Å². The van der Waals surface area contributed by atoms with E-state index in [1.165, 1.54) is 6.07 Å². The Morgan fingerprint density at radius 2 is 2.29 bits per heavy atom. The maximum atomic E-state index is 13.8. The van der Waals surface area contributed by atoms with E-state index in [1.807, 2.05) is 0 Å². The number of benzene rings is 1. The Bertz CT molecular complexity index is 468. The molecule has 1 fully saturated rings. The van der Waals surface area contributed by atoms with Crippen LogP contribution in [0.2, 0.25) is 5.02 Å². The molecule has 1 aromatic rings. The van der Waals surface area contributed by atoms with E-state index in [2.05, 4.69) is 11.9 Å².